The molecule has 0 spiro atoms. The molecule has 0 saturated carbocycles. The number of likely N-dealkylation sites (tertiary alicyclic amines) is 1. The lowest BCUT2D eigenvalue weighted by molar-refractivity contribution is -0.126. The first kappa shape index (κ1) is 8.13. The number of hydrogen-bond donors (Lipinski definition) is 0. The van der Waals surface area contributed by atoms with Gasteiger partial charge in [0.05, 0.1) is 0 Å². The third-order valence-corrected chi connectivity index (χ3v) is 2.07. The Balaban J connectivity index is 2.47. The van der Waals surface area contributed by atoms with E-state index >= 15 is 0 Å². The molecule has 1 saturated heterocycles. The number of hydrogen-bond acceptors (Lipinski definition) is 1. The van der Waals surface area contributed by atoms with Crippen LogP contribution in [-0.2, 0) is 4.79 Å². The van der Waals surface area contributed by atoms with E-state index in [1.54, 1.807) is 4.90 Å². The second kappa shape index (κ2) is 3.43. The highest BCUT2D eigenvalue weighted by atomic mass is 16.2. The van der Waals surface area contributed by atoms with Gasteiger partial charge in [-0.2, -0.15) is 0 Å². The Bertz CT molecular complexity index is 192. The molecule has 0 aliphatic carbocycles. The van der Waals surface area contributed by atoms with Crippen LogP contribution in [0.5, 0.6) is 0 Å². The fourth-order valence-electron chi connectivity index (χ4n) is 1.47. The molecule has 0 aromatic carbocycles. The molecule has 1 heterocycles. The van der Waals surface area contributed by atoms with Crippen LogP contribution < -0.4 is 0 Å². The third kappa shape index (κ3) is 1.98. The van der Waals surface area contributed by atoms with E-state index in [0.29, 0.717) is 5.92 Å². The number of amides is 1. The van der Waals surface area contributed by atoms with Gasteiger partial charge in [-0.05, 0) is 24.7 Å². The Morgan fingerprint density at radius 1 is 1.73 bits per heavy atom. The third-order valence-electron chi connectivity index (χ3n) is 2.07. The standard InChI is InChI=1S/C9H13NO/c1-3-9(11)10-6-4-5-8(2)7-10/h1,8H,4-7H2,2H3/t8-/m1/s1. The molecule has 1 atom stereocenters. The maximum atomic E-state index is 11.0. The van der Waals surface area contributed by atoms with E-state index in [2.05, 4.69) is 12.8 Å². The van der Waals surface area contributed by atoms with Gasteiger partial charge in [-0.25, -0.2) is 0 Å². The molecule has 2 heteroatoms. The lowest BCUT2D eigenvalue weighted by atomic mass is 10.0. The van der Waals surface area contributed by atoms with Crippen LogP contribution in [0.25, 0.3) is 0 Å². The van der Waals surface area contributed by atoms with Gasteiger partial charge in [0.25, 0.3) is 5.91 Å². The van der Waals surface area contributed by atoms with Crippen LogP contribution in [0.2, 0.25) is 0 Å². The SMILES string of the molecule is C#CC(=O)N1CCC[C@@H](C)C1. The molecule has 1 rings (SSSR count). The molecule has 0 aromatic heterocycles. The number of rotatable bonds is 0. The van der Waals surface area contributed by atoms with E-state index < -0.39 is 0 Å². The summed E-state index contributed by atoms with van der Waals surface area (Å²) in [7, 11) is 0. The maximum absolute atomic E-state index is 11.0. The van der Waals surface area contributed by atoms with Gasteiger partial charge in [0, 0.05) is 13.1 Å². The summed E-state index contributed by atoms with van der Waals surface area (Å²) in [6.07, 6.45) is 7.32. The van der Waals surface area contributed by atoms with Crippen LogP contribution >= 0.6 is 0 Å². The molecule has 0 N–H and O–H groups in total. The fraction of sp³-hybridized carbons (Fsp3) is 0.667. The summed E-state index contributed by atoms with van der Waals surface area (Å²) in [5.41, 5.74) is 0. The van der Waals surface area contributed by atoms with Gasteiger partial charge in [-0.1, -0.05) is 6.92 Å². The van der Waals surface area contributed by atoms with Crippen LogP contribution in [0.1, 0.15) is 19.8 Å². The van der Waals surface area contributed by atoms with Gasteiger partial charge in [0.1, 0.15) is 0 Å². The summed E-state index contributed by atoms with van der Waals surface area (Å²) in [6.45, 7) is 3.83. The summed E-state index contributed by atoms with van der Waals surface area (Å²) >= 11 is 0. The summed E-state index contributed by atoms with van der Waals surface area (Å²) in [5.74, 6) is 2.60. The van der Waals surface area contributed by atoms with Crippen molar-refractivity contribution in [3.63, 3.8) is 0 Å². The van der Waals surface area contributed by atoms with E-state index in [1.807, 2.05) is 0 Å². The number of nitrogens with zero attached hydrogens (tertiary/aromatic N) is 1. The second-order valence-corrected chi connectivity index (χ2v) is 3.14. The van der Waals surface area contributed by atoms with Crippen molar-refractivity contribution in [2.45, 2.75) is 19.8 Å². The van der Waals surface area contributed by atoms with Gasteiger partial charge in [0.2, 0.25) is 0 Å². The molecular formula is C9H13NO. The van der Waals surface area contributed by atoms with Crippen molar-refractivity contribution in [1.82, 2.24) is 4.90 Å². The van der Waals surface area contributed by atoms with Gasteiger partial charge < -0.3 is 4.90 Å². The van der Waals surface area contributed by atoms with Gasteiger partial charge in [0.15, 0.2) is 0 Å². The first-order chi connectivity index (χ1) is 5.24. The van der Waals surface area contributed by atoms with Crippen LogP contribution in [0, 0.1) is 18.3 Å². The minimum atomic E-state index is -0.156. The fourth-order valence-corrected chi connectivity index (χ4v) is 1.47. The quantitative estimate of drug-likeness (QED) is 0.471. The number of carbonyl (C=O) groups excluding carboxylic acids is 1. The molecule has 1 aliphatic rings. The van der Waals surface area contributed by atoms with Crippen molar-refractivity contribution in [3.8, 4) is 12.3 Å². The molecular weight excluding hydrogens is 138 g/mol. The van der Waals surface area contributed by atoms with Crippen LogP contribution in [-0.4, -0.2) is 23.9 Å². The van der Waals surface area contributed by atoms with Crippen molar-refractivity contribution in [3.05, 3.63) is 0 Å². The smallest absolute Gasteiger partial charge is 0.298 e. The molecule has 11 heavy (non-hydrogen) atoms. The molecule has 60 valence electrons. The van der Waals surface area contributed by atoms with Crippen molar-refractivity contribution in [1.29, 1.82) is 0 Å². The average molecular weight is 151 g/mol. The Morgan fingerprint density at radius 3 is 3.00 bits per heavy atom. The predicted molar refractivity (Wildman–Crippen MR) is 43.8 cm³/mol. The van der Waals surface area contributed by atoms with Gasteiger partial charge in [-0.3, -0.25) is 4.79 Å². The zero-order valence-electron chi connectivity index (χ0n) is 6.84. The number of terminal acetylenes is 1. The van der Waals surface area contributed by atoms with Crippen LogP contribution in [0.3, 0.4) is 0 Å². The highest BCUT2D eigenvalue weighted by Crippen LogP contribution is 2.14. The molecule has 0 bridgehead atoms. The molecule has 0 unspecified atom stereocenters. The zero-order valence-corrected chi connectivity index (χ0v) is 6.84. The first-order valence-corrected chi connectivity index (χ1v) is 3.99. The predicted octanol–water partition coefficient (Wildman–Crippen LogP) is 0.878. The van der Waals surface area contributed by atoms with Crippen LogP contribution in [0.4, 0.5) is 0 Å². The molecule has 1 amide bonds. The normalized spacial score (nSPS) is 24.4. The Kier molecular flexibility index (Phi) is 2.53. The Labute approximate surface area is 67.6 Å². The molecule has 2 nitrogen and oxygen atoms in total. The van der Waals surface area contributed by atoms with Gasteiger partial charge in [-0.15, -0.1) is 6.42 Å². The second-order valence-electron chi connectivity index (χ2n) is 3.14. The van der Waals surface area contributed by atoms with E-state index in [1.165, 1.54) is 6.42 Å². The minimum Gasteiger partial charge on any atom is -0.332 e. The number of carbonyl (C=O) groups is 1. The van der Waals surface area contributed by atoms with E-state index in [-0.39, 0.29) is 5.91 Å². The Morgan fingerprint density at radius 2 is 2.45 bits per heavy atom. The van der Waals surface area contributed by atoms with Crippen molar-refractivity contribution in [2.75, 3.05) is 13.1 Å². The van der Waals surface area contributed by atoms with E-state index in [0.717, 1.165) is 19.5 Å². The minimum absolute atomic E-state index is 0.156. The summed E-state index contributed by atoms with van der Waals surface area (Å²) in [6, 6.07) is 0. The monoisotopic (exact) mass is 151 g/mol. The summed E-state index contributed by atoms with van der Waals surface area (Å²) < 4.78 is 0. The summed E-state index contributed by atoms with van der Waals surface area (Å²) in [5, 5.41) is 0. The lowest BCUT2D eigenvalue weighted by Crippen LogP contribution is -2.38. The highest BCUT2D eigenvalue weighted by molar-refractivity contribution is 5.92. The summed E-state index contributed by atoms with van der Waals surface area (Å²) in [4.78, 5) is 12.8. The topological polar surface area (TPSA) is 20.3 Å². The van der Waals surface area contributed by atoms with Crippen LogP contribution in [0.15, 0.2) is 0 Å². The number of piperidine rings is 1. The van der Waals surface area contributed by atoms with E-state index in [9.17, 15) is 4.79 Å². The van der Waals surface area contributed by atoms with E-state index in [4.69, 9.17) is 6.42 Å². The highest BCUT2D eigenvalue weighted by Gasteiger charge is 2.18. The largest absolute Gasteiger partial charge is 0.332 e. The molecule has 1 aliphatic heterocycles. The van der Waals surface area contributed by atoms with Gasteiger partial charge >= 0.3 is 0 Å². The lowest BCUT2D eigenvalue weighted by Gasteiger charge is -2.29. The Hall–Kier alpha value is -0.970. The van der Waals surface area contributed by atoms with Crippen molar-refractivity contribution >= 4 is 5.91 Å². The maximum Gasteiger partial charge on any atom is 0.298 e. The van der Waals surface area contributed by atoms with Crippen molar-refractivity contribution in [2.24, 2.45) is 5.92 Å². The first-order valence-electron chi connectivity index (χ1n) is 3.99. The molecule has 0 radical (unpaired) electrons. The molecule has 1 fully saturated rings. The molecule has 0 aromatic rings. The average Bonchev–Trinajstić information content (AvgIpc) is 2.03. The van der Waals surface area contributed by atoms with Crippen molar-refractivity contribution < 1.29 is 4.79 Å². The zero-order chi connectivity index (χ0) is 8.27.